The van der Waals surface area contributed by atoms with Crippen LogP contribution in [0, 0.1) is 5.92 Å². The highest BCUT2D eigenvalue weighted by Gasteiger charge is 2.30. The molecule has 4 rings (SSSR count). The van der Waals surface area contributed by atoms with Crippen molar-refractivity contribution in [2.24, 2.45) is 5.92 Å². The summed E-state index contributed by atoms with van der Waals surface area (Å²) in [6.45, 7) is 2.29. The van der Waals surface area contributed by atoms with Crippen molar-refractivity contribution in [1.82, 2.24) is 9.62 Å². The fraction of sp³-hybridized carbons (Fsp3) is 0.429. The minimum Gasteiger partial charge on any atom is -0.314 e. The molecule has 1 aliphatic carbocycles. The van der Waals surface area contributed by atoms with Gasteiger partial charge in [-0.3, -0.25) is 0 Å². The molecule has 26 heavy (non-hydrogen) atoms. The molecule has 0 spiro atoms. The highest BCUT2D eigenvalue weighted by Crippen LogP contribution is 2.29. The van der Waals surface area contributed by atoms with Crippen molar-refractivity contribution in [3.63, 3.8) is 0 Å². The number of piperidine rings is 1. The summed E-state index contributed by atoms with van der Waals surface area (Å²) in [5, 5.41) is 3.60. The second-order valence-electron chi connectivity index (χ2n) is 7.42. The quantitative estimate of drug-likeness (QED) is 0.847. The number of nitrogens with one attached hydrogen (secondary N) is 1. The number of nitrogens with zero attached hydrogens (tertiary/aromatic N) is 1. The molecule has 0 aromatic heterocycles. The maximum absolute atomic E-state index is 13.1. The van der Waals surface area contributed by atoms with Gasteiger partial charge in [0.15, 0.2) is 0 Å². The number of hydrogen-bond acceptors (Lipinski definition) is 3. The first kappa shape index (κ1) is 17.7. The minimum atomic E-state index is -3.43. The van der Waals surface area contributed by atoms with Gasteiger partial charge in [-0.15, -0.1) is 0 Å². The van der Waals surface area contributed by atoms with Crippen molar-refractivity contribution >= 4 is 10.0 Å². The molecule has 1 N–H and O–H groups in total. The van der Waals surface area contributed by atoms with Crippen molar-refractivity contribution in [2.75, 3.05) is 19.6 Å². The molecule has 0 unspecified atom stereocenters. The summed E-state index contributed by atoms with van der Waals surface area (Å²) >= 11 is 0. The summed E-state index contributed by atoms with van der Waals surface area (Å²) in [6, 6.07) is 17.7. The smallest absolute Gasteiger partial charge is 0.243 e. The topological polar surface area (TPSA) is 49.4 Å². The molecule has 1 aliphatic heterocycles. The van der Waals surface area contributed by atoms with Gasteiger partial charge < -0.3 is 5.32 Å². The zero-order valence-corrected chi connectivity index (χ0v) is 15.8. The van der Waals surface area contributed by atoms with Crippen molar-refractivity contribution < 1.29 is 8.42 Å². The van der Waals surface area contributed by atoms with Gasteiger partial charge in [-0.25, -0.2) is 8.42 Å². The summed E-state index contributed by atoms with van der Waals surface area (Å²) < 4.78 is 27.8. The Kier molecular flexibility index (Phi) is 5.11. The Labute approximate surface area is 156 Å². The Hall–Kier alpha value is -1.69. The number of sulfonamides is 1. The van der Waals surface area contributed by atoms with Crippen LogP contribution < -0.4 is 5.32 Å². The summed E-state index contributed by atoms with van der Waals surface area (Å²) in [6.07, 6.45) is 4.48. The molecular weight excluding hydrogens is 344 g/mol. The SMILES string of the molecule is O=S(=O)(c1cccc(-c2ccccc2)c1)N1CCC(NCC2CC2)CC1. The molecule has 0 atom stereocenters. The molecule has 0 radical (unpaired) electrons. The van der Waals surface area contributed by atoms with Crippen LogP contribution in [-0.2, 0) is 10.0 Å². The largest absolute Gasteiger partial charge is 0.314 e. The van der Waals surface area contributed by atoms with Crippen LogP contribution in [0.1, 0.15) is 25.7 Å². The van der Waals surface area contributed by atoms with E-state index in [9.17, 15) is 8.42 Å². The molecule has 4 nitrogen and oxygen atoms in total. The lowest BCUT2D eigenvalue weighted by molar-refractivity contribution is 0.288. The minimum absolute atomic E-state index is 0.392. The zero-order valence-electron chi connectivity index (χ0n) is 15.0. The maximum Gasteiger partial charge on any atom is 0.243 e. The molecule has 5 heteroatoms. The van der Waals surface area contributed by atoms with Gasteiger partial charge in [0.2, 0.25) is 10.0 Å². The normalized spacial score (nSPS) is 19.5. The highest BCUT2D eigenvalue weighted by atomic mass is 32.2. The average molecular weight is 371 g/mol. The Balaban J connectivity index is 1.45. The van der Waals surface area contributed by atoms with Crippen molar-refractivity contribution in [3.8, 4) is 11.1 Å². The van der Waals surface area contributed by atoms with Crippen LogP contribution in [-0.4, -0.2) is 38.4 Å². The lowest BCUT2D eigenvalue weighted by Gasteiger charge is -2.31. The van der Waals surface area contributed by atoms with Crippen molar-refractivity contribution in [1.29, 1.82) is 0 Å². The number of hydrogen-bond donors (Lipinski definition) is 1. The van der Waals surface area contributed by atoms with E-state index in [1.165, 1.54) is 12.8 Å². The first-order chi connectivity index (χ1) is 12.6. The van der Waals surface area contributed by atoms with Crippen LogP contribution in [0.3, 0.4) is 0 Å². The second-order valence-corrected chi connectivity index (χ2v) is 9.36. The monoisotopic (exact) mass is 370 g/mol. The van der Waals surface area contributed by atoms with Crippen LogP contribution in [0.15, 0.2) is 59.5 Å². The Morgan fingerprint density at radius 1 is 0.885 bits per heavy atom. The van der Waals surface area contributed by atoms with Crippen LogP contribution in [0.25, 0.3) is 11.1 Å². The van der Waals surface area contributed by atoms with E-state index in [0.29, 0.717) is 24.0 Å². The molecule has 1 saturated heterocycles. The molecular formula is C21H26N2O2S. The molecule has 2 aromatic rings. The van der Waals surface area contributed by atoms with Gasteiger partial charge in [0.25, 0.3) is 0 Å². The number of rotatable bonds is 6. The Morgan fingerprint density at radius 2 is 1.58 bits per heavy atom. The molecule has 0 amide bonds. The summed E-state index contributed by atoms with van der Waals surface area (Å²) in [7, 11) is -3.43. The first-order valence-corrected chi connectivity index (χ1v) is 11.0. The summed E-state index contributed by atoms with van der Waals surface area (Å²) in [4.78, 5) is 0.392. The molecule has 0 bridgehead atoms. The molecule has 138 valence electrons. The van der Waals surface area contributed by atoms with Crippen LogP contribution >= 0.6 is 0 Å². The van der Waals surface area contributed by atoms with E-state index in [1.54, 1.807) is 16.4 Å². The fourth-order valence-electron chi connectivity index (χ4n) is 3.57. The Morgan fingerprint density at radius 3 is 2.27 bits per heavy atom. The average Bonchev–Trinajstić information content (AvgIpc) is 3.52. The third kappa shape index (κ3) is 4.00. The van der Waals surface area contributed by atoms with Gasteiger partial charge in [-0.1, -0.05) is 42.5 Å². The van der Waals surface area contributed by atoms with E-state index in [2.05, 4.69) is 5.32 Å². The van der Waals surface area contributed by atoms with E-state index < -0.39 is 10.0 Å². The van der Waals surface area contributed by atoms with E-state index in [4.69, 9.17) is 0 Å². The first-order valence-electron chi connectivity index (χ1n) is 9.52. The van der Waals surface area contributed by atoms with E-state index in [-0.39, 0.29) is 0 Å². The molecule has 1 saturated carbocycles. The molecule has 2 aliphatic rings. The molecule has 1 heterocycles. The Bertz CT molecular complexity index is 839. The third-order valence-corrected chi connectivity index (χ3v) is 7.32. The van der Waals surface area contributed by atoms with Gasteiger partial charge in [0.05, 0.1) is 4.90 Å². The lowest BCUT2D eigenvalue weighted by Crippen LogP contribution is -2.45. The van der Waals surface area contributed by atoms with Crippen LogP contribution in [0.2, 0.25) is 0 Å². The summed E-state index contributed by atoms with van der Waals surface area (Å²) in [5.41, 5.74) is 1.97. The number of benzene rings is 2. The standard InChI is InChI=1S/C21H26N2O2S/c24-26(25,23-13-11-20(12-14-23)22-16-17-9-10-17)21-8-4-7-19(15-21)18-5-2-1-3-6-18/h1-8,15,17,20,22H,9-14,16H2. The van der Waals surface area contributed by atoms with Crippen LogP contribution in [0.5, 0.6) is 0 Å². The van der Waals surface area contributed by atoms with Crippen LogP contribution in [0.4, 0.5) is 0 Å². The maximum atomic E-state index is 13.1. The third-order valence-electron chi connectivity index (χ3n) is 5.42. The predicted molar refractivity (Wildman–Crippen MR) is 104 cm³/mol. The predicted octanol–water partition coefficient (Wildman–Crippen LogP) is 3.51. The molecule has 2 aromatic carbocycles. The van der Waals surface area contributed by atoms with Gasteiger partial charge in [-0.2, -0.15) is 4.31 Å². The van der Waals surface area contributed by atoms with Gasteiger partial charge >= 0.3 is 0 Å². The fourth-order valence-corrected chi connectivity index (χ4v) is 5.09. The van der Waals surface area contributed by atoms with Gasteiger partial charge in [-0.05, 0) is 61.4 Å². The van der Waals surface area contributed by atoms with Crippen molar-refractivity contribution in [3.05, 3.63) is 54.6 Å². The van der Waals surface area contributed by atoms with E-state index in [1.807, 2.05) is 42.5 Å². The van der Waals surface area contributed by atoms with Gasteiger partial charge in [0, 0.05) is 19.1 Å². The lowest BCUT2D eigenvalue weighted by atomic mass is 10.1. The zero-order chi connectivity index (χ0) is 18.0. The van der Waals surface area contributed by atoms with E-state index in [0.717, 1.165) is 36.4 Å². The van der Waals surface area contributed by atoms with Gasteiger partial charge in [0.1, 0.15) is 0 Å². The molecule has 2 fully saturated rings. The highest BCUT2D eigenvalue weighted by molar-refractivity contribution is 7.89. The van der Waals surface area contributed by atoms with E-state index >= 15 is 0 Å². The summed E-state index contributed by atoms with van der Waals surface area (Å²) in [5.74, 6) is 0.859. The second kappa shape index (κ2) is 7.51. The van der Waals surface area contributed by atoms with Crippen molar-refractivity contribution in [2.45, 2.75) is 36.6 Å².